The largest absolute Gasteiger partial charge is 0.396 e. The zero-order valence-corrected chi connectivity index (χ0v) is 12.2. The second-order valence-corrected chi connectivity index (χ2v) is 5.50. The van der Waals surface area contributed by atoms with E-state index in [2.05, 4.69) is 0 Å². The van der Waals surface area contributed by atoms with Crippen molar-refractivity contribution in [1.82, 2.24) is 9.13 Å². The maximum absolute atomic E-state index is 11.8. The van der Waals surface area contributed by atoms with Crippen molar-refractivity contribution in [2.24, 2.45) is 14.1 Å². The van der Waals surface area contributed by atoms with Gasteiger partial charge in [-0.25, -0.2) is 0 Å². The summed E-state index contributed by atoms with van der Waals surface area (Å²) >= 11 is 1.12. The number of nitrogens with zero attached hydrogens (tertiary/aromatic N) is 3. The fraction of sp³-hybridized carbons (Fsp3) is 0.333. The maximum Gasteiger partial charge on any atom is 0.316 e. The van der Waals surface area contributed by atoms with Crippen LogP contribution in [-0.4, -0.2) is 31.5 Å². The number of aryl methyl sites for hydroxylation is 2. The number of rotatable bonds is 4. The molecular weight excluding hydrogens is 298 g/mol. The highest BCUT2D eigenvalue weighted by Gasteiger charge is 2.19. The smallest absolute Gasteiger partial charge is 0.316 e. The van der Waals surface area contributed by atoms with Crippen molar-refractivity contribution in [3.8, 4) is 0 Å². The van der Waals surface area contributed by atoms with Crippen LogP contribution in [0.25, 0.3) is 11.0 Å². The van der Waals surface area contributed by atoms with Gasteiger partial charge in [0.1, 0.15) is 0 Å². The molecule has 0 unspecified atom stereocenters. The first-order chi connectivity index (χ1) is 9.88. The zero-order valence-electron chi connectivity index (χ0n) is 11.4. The number of hydrogen-bond donors (Lipinski definition) is 1. The minimum atomic E-state index is -0.741. The van der Waals surface area contributed by atoms with E-state index in [0.717, 1.165) is 16.3 Å². The number of hydrogen-bond acceptors (Lipinski definition) is 6. The average Bonchev–Trinajstić information content (AvgIpc) is 2.47. The van der Waals surface area contributed by atoms with Crippen molar-refractivity contribution < 1.29 is 10.0 Å². The second-order valence-electron chi connectivity index (χ2n) is 4.37. The Balaban J connectivity index is 2.88. The molecule has 0 saturated carbocycles. The molecule has 0 bridgehead atoms. The Labute approximate surface area is 122 Å². The van der Waals surface area contributed by atoms with Gasteiger partial charge < -0.3 is 14.2 Å². The molecular formula is C12H13N3O5S. The predicted octanol–water partition coefficient (Wildman–Crippen LogP) is 0.230. The monoisotopic (exact) mass is 311 g/mol. The molecule has 8 nitrogen and oxygen atoms in total. The highest BCUT2D eigenvalue weighted by atomic mass is 32.2. The number of nitro benzene ring substituents is 1. The summed E-state index contributed by atoms with van der Waals surface area (Å²) < 4.78 is 2.27. The van der Waals surface area contributed by atoms with E-state index in [9.17, 15) is 19.7 Å². The van der Waals surface area contributed by atoms with Crippen LogP contribution in [0.5, 0.6) is 0 Å². The first-order valence-corrected chi connectivity index (χ1v) is 6.99. The first kappa shape index (κ1) is 15.3. The van der Waals surface area contributed by atoms with Gasteiger partial charge in [0.25, 0.3) is 5.69 Å². The van der Waals surface area contributed by atoms with Gasteiger partial charge in [-0.15, -0.1) is 11.8 Å². The summed E-state index contributed by atoms with van der Waals surface area (Å²) in [5, 5.41) is 20.0. The summed E-state index contributed by atoms with van der Waals surface area (Å²) in [5.74, 6) is 0.298. The number of aliphatic hydroxyl groups is 1. The van der Waals surface area contributed by atoms with Crippen molar-refractivity contribution in [3.05, 3.63) is 43.0 Å². The van der Waals surface area contributed by atoms with Crippen LogP contribution in [0.4, 0.5) is 5.69 Å². The van der Waals surface area contributed by atoms with E-state index in [1.54, 1.807) is 0 Å². The first-order valence-electron chi connectivity index (χ1n) is 6.00. The van der Waals surface area contributed by atoms with Gasteiger partial charge in [0.05, 0.1) is 27.5 Å². The molecule has 2 rings (SSSR count). The molecule has 9 heteroatoms. The lowest BCUT2D eigenvalue weighted by Crippen LogP contribution is -2.39. The molecule has 0 saturated heterocycles. The number of benzene rings is 1. The fourth-order valence-electron chi connectivity index (χ4n) is 2.00. The van der Waals surface area contributed by atoms with Crippen LogP contribution in [0.2, 0.25) is 0 Å². The van der Waals surface area contributed by atoms with Crippen LogP contribution in [0.15, 0.2) is 26.6 Å². The van der Waals surface area contributed by atoms with Crippen LogP contribution < -0.4 is 11.1 Å². The van der Waals surface area contributed by atoms with Gasteiger partial charge in [-0.1, -0.05) is 0 Å². The number of aliphatic hydroxyl groups excluding tert-OH is 1. The third kappa shape index (κ3) is 2.57. The Kier molecular flexibility index (Phi) is 4.14. The summed E-state index contributed by atoms with van der Waals surface area (Å²) in [6, 6.07) is 2.77. The highest BCUT2D eigenvalue weighted by Crippen LogP contribution is 2.32. The quantitative estimate of drug-likeness (QED) is 0.375. The molecule has 1 aromatic heterocycles. The Morgan fingerprint density at radius 1 is 1.19 bits per heavy atom. The third-order valence-corrected chi connectivity index (χ3v) is 4.14. The van der Waals surface area contributed by atoms with E-state index < -0.39 is 16.0 Å². The molecule has 0 aliphatic carbocycles. The van der Waals surface area contributed by atoms with Gasteiger partial charge in [-0.2, -0.15) is 0 Å². The van der Waals surface area contributed by atoms with Crippen LogP contribution in [0, 0.1) is 10.1 Å². The van der Waals surface area contributed by atoms with E-state index in [1.807, 2.05) is 0 Å². The summed E-state index contributed by atoms with van der Waals surface area (Å²) in [4.78, 5) is 34.5. The molecule has 1 N–H and O–H groups in total. The lowest BCUT2D eigenvalue weighted by Gasteiger charge is -2.10. The molecule has 0 aliphatic rings. The van der Waals surface area contributed by atoms with Crippen molar-refractivity contribution in [2.75, 3.05) is 12.4 Å². The van der Waals surface area contributed by atoms with Gasteiger partial charge >= 0.3 is 11.1 Å². The lowest BCUT2D eigenvalue weighted by molar-refractivity contribution is -0.387. The van der Waals surface area contributed by atoms with Crippen molar-refractivity contribution >= 4 is 28.5 Å². The van der Waals surface area contributed by atoms with Crippen LogP contribution in [0.1, 0.15) is 0 Å². The number of thioether (sulfide) groups is 1. The van der Waals surface area contributed by atoms with Gasteiger partial charge in [0, 0.05) is 25.9 Å². The van der Waals surface area contributed by atoms with Gasteiger partial charge in [-0.05, 0) is 6.07 Å². The maximum atomic E-state index is 11.8. The predicted molar refractivity (Wildman–Crippen MR) is 78.9 cm³/mol. The third-order valence-electron chi connectivity index (χ3n) is 3.12. The summed E-state index contributed by atoms with van der Waals surface area (Å²) in [6.07, 6.45) is 0. The van der Waals surface area contributed by atoms with Crippen molar-refractivity contribution in [2.45, 2.75) is 4.90 Å². The molecule has 0 radical (unpaired) electrons. The summed E-state index contributed by atoms with van der Waals surface area (Å²) in [6.45, 7) is -0.119. The Morgan fingerprint density at radius 3 is 2.19 bits per heavy atom. The van der Waals surface area contributed by atoms with Gasteiger partial charge in [-0.3, -0.25) is 19.7 Å². The van der Waals surface area contributed by atoms with Crippen LogP contribution in [0.3, 0.4) is 0 Å². The molecule has 21 heavy (non-hydrogen) atoms. The van der Waals surface area contributed by atoms with E-state index in [4.69, 9.17) is 5.11 Å². The molecule has 1 heterocycles. The Bertz CT molecular complexity index is 839. The average molecular weight is 311 g/mol. The SMILES string of the molecule is Cn1c(=O)c(=O)n(C)c2cc([N+](=O)[O-])c(SCCO)cc21. The zero-order chi connectivity index (χ0) is 15.7. The molecule has 0 atom stereocenters. The normalized spacial score (nSPS) is 11.0. The van der Waals surface area contributed by atoms with E-state index in [1.165, 1.54) is 30.8 Å². The number of fused-ring (bicyclic) bond motifs is 1. The fourth-order valence-corrected chi connectivity index (χ4v) is 2.79. The number of aromatic nitrogens is 2. The van der Waals surface area contributed by atoms with Crippen LogP contribution >= 0.6 is 11.8 Å². The second kappa shape index (κ2) is 5.70. The molecule has 2 aromatic rings. The molecule has 0 spiro atoms. The van der Waals surface area contributed by atoms with Crippen molar-refractivity contribution in [1.29, 1.82) is 0 Å². The number of nitro groups is 1. The Hall–Kier alpha value is -2.13. The molecule has 0 amide bonds. The Morgan fingerprint density at radius 2 is 1.71 bits per heavy atom. The van der Waals surface area contributed by atoms with Gasteiger partial charge in [0.2, 0.25) is 0 Å². The minimum Gasteiger partial charge on any atom is -0.396 e. The molecule has 1 aromatic carbocycles. The lowest BCUT2D eigenvalue weighted by atomic mass is 10.2. The summed E-state index contributed by atoms with van der Waals surface area (Å²) in [7, 11) is 2.84. The summed E-state index contributed by atoms with van der Waals surface area (Å²) in [5.41, 5.74) is -0.864. The topological polar surface area (TPSA) is 107 Å². The van der Waals surface area contributed by atoms with Gasteiger partial charge in [0.15, 0.2) is 0 Å². The van der Waals surface area contributed by atoms with Crippen LogP contribution in [-0.2, 0) is 14.1 Å². The standard InChI is InChI=1S/C12H13N3O5S/c1-13-7-5-9(15(19)20)10(21-4-3-16)6-8(7)14(2)12(18)11(13)17/h5-6,16H,3-4H2,1-2H3. The minimum absolute atomic E-state index is 0.119. The van der Waals surface area contributed by atoms with E-state index in [0.29, 0.717) is 21.7 Å². The van der Waals surface area contributed by atoms with Crippen molar-refractivity contribution in [3.63, 3.8) is 0 Å². The van der Waals surface area contributed by atoms with E-state index in [-0.39, 0.29) is 12.3 Å². The highest BCUT2D eigenvalue weighted by molar-refractivity contribution is 7.99. The van der Waals surface area contributed by atoms with E-state index >= 15 is 0 Å². The molecule has 0 aliphatic heterocycles. The molecule has 112 valence electrons. The molecule has 0 fully saturated rings.